The van der Waals surface area contributed by atoms with Crippen molar-refractivity contribution in [1.29, 1.82) is 0 Å². The minimum absolute atomic E-state index is 0.0991. The molecule has 0 fully saturated rings. The number of rotatable bonds is 3. The van der Waals surface area contributed by atoms with E-state index in [1.807, 2.05) is 31.2 Å². The molecule has 8 heteroatoms. The van der Waals surface area contributed by atoms with Gasteiger partial charge in [-0.2, -0.15) is 0 Å². The van der Waals surface area contributed by atoms with Crippen molar-refractivity contribution < 1.29 is 9.59 Å². The van der Waals surface area contributed by atoms with Gasteiger partial charge in [0, 0.05) is 39.7 Å². The van der Waals surface area contributed by atoms with E-state index in [4.69, 9.17) is 28.2 Å². The van der Waals surface area contributed by atoms with Crippen LogP contribution in [0.15, 0.2) is 66.7 Å². The Kier molecular flexibility index (Phi) is 6.13. The summed E-state index contributed by atoms with van der Waals surface area (Å²) in [5.74, 6) is -0.450. The summed E-state index contributed by atoms with van der Waals surface area (Å²) >= 11 is 13.7. The van der Waals surface area contributed by atoms with Crippen LogP contribution in [-0.4, -0.2) is 23.3 Å². The Morgan fingerprint density at radius 3 is 2.56 bits per heavy atom. The standard InChI is InChI=1S/C26H19Cl2N3O2S/c1-15-29-24-20-4-2-3-5-22(20)31(13-12-23(24)34-15)26(33)16-6-9-18(10-7-16)30-25(32)19-11-8-17(27)14-21(19)28/h2-11,14H,12-13H2,1H3,(H,30,32). The van der Waals surface area contributed by atoms with Gasteiger partial charge < -0.3 is 10.2 Å². The van der Waals surface area contributed by atoms with E-state index in [9.17, 15) is 9.59 Å². The summed E-state index contributed by atoms with van der Waals surface area (Å²) in [7, 11) is 0. The third-order valence-electron chi connectivity index (χ3n) is 5.63. The van der Waals surface area contributed by atoms with E-state index >= 15 is 0 Å². The molecule has 0 spiro atoms. The monoisotopic (exact) mass is 507 g/mol. The summed E-state index contributed by atoms with van der Waals surface area (Å²) in [6.07, 6.45) is 0.747. The number of para-hydroxylation sites is 1. The van der Waals surface area contributed by atoms with Gasteiger partial charge in [-0.15, -0.1) is 11.3 Å². The number of thiazole rings is 1. The fraction of sp³-hybridized carbons (Fsp3) is 0.115. The fourth-order valence-corrected chi connectivity index (χ4v) is 5.46. The van der Waals surface area contributed by atoms with E-state index in [-0.39, 0.29) is 16.8 Å². The maximum absolute atomic E-state index is 13.5. The van der Waals surface area contributed by atoms with Gasteiger partial charge in [0.05, 0.1) is 27.0 Å². The summed E-state index contributed by atoms with van der Waals surface area (Å²) in [4.78, 5) is 33.8. The first-order chi connectivity index (χ1) is 16.4. The number of halogens is 2. The lowest BCUT2D eigenvalue weighted by molar-refractivity contribution is 0.0986. The van der Waals surface area contributed by atoms with Gasteiger partial charge in [0.25, 0.3) is 11.8 Å². The normalized spacial score (nSPS) is 12.5. The Labute approximate surface area is 211 Å². The van der Waals surface area contributed by atoms with Crippen LogP contribution >= 0.6 is 34.5 Å². The van der Waals surface area contributed by atoms with Crippen molar-refractivity contribution in [3.05, 3.63) is 97.8 Å². The Morgan fingerprint density at radius 2 is 1.79 bits per heavy atom. The van der Waals surface area contributed by atoms with Crippen LogP contribution in [0, 0.1) is 6.92 Å². The molecule has 2 heterocycles. The van der Waals surface area contributed by atoms with Crippen molar-refractivity contribution in [2.75, 3.05) is 16.8 Å². The van der Waals surface area contributed by atoms with Crippen LogP contribution in [0.3, 0.4) is 0 Å². The average Bonchev–Trinajstić information content (AvgIpc) is 3.13. The maximum atomic E-state index is 13.5. The van der Waals surface area contributed by atoms with Crippen LogP contribution in [-0.2, 0) is 6.42 Å². The van der Waals surface area contributed by atoms with Gasteiger partial charge in [0.1, 0.15) is 0 Å². The molecular formula is C26H19Cl2N3O2S. The van der Waals surface area contributed by atoms with E-state index in [2.05, 4.69) is 5.32 Å². The molecule has 1 aliphatic rings. The van der Waals surface area contributed by atoms with Gasteiger partial charge in [0.2, 0.25) is 0 Å². The summed E-state index contributed by atoms with van der Waals surface area (Å²) in [6.45, 7) is 2.57. The highest BCUT2D eigenvalue weighted by Crippen LogP contribution is 2.38. The number of aryl methyl sites for hydroxylation is 1. The molecule has 1 N–H and O–H groups in total. The molecule has 5 rings (SSSR count). The highest BCUT2D eigenvalue weighted by atomic mass is 35.5. The summed E-state index contributed by atoms with van der Waals surface area (Å²) in [6, 6.07) is 19.4. The van der Waals surface area contributed by atoms with E-state index in [0.29, 0.717) is 28.4 Å². The van der Waals surface area contributed by atoms with Crippen LogP contribution in [0.25, 0.3) is 11.3 Å². The number of amides is 2. The number of aromatic nitrogens is 1. The lowest BCUT2D eigenvalue weighted by atomic mass is 10.1. The first-order valence-electron chi connectivity index (χ1n) is 10.6. The maximum Gasteiger partial charge on any atom is 0.258 e. The minimum atomic E-state index is -0.351. The number of nitrogens with one attached hydrogen (secondary N) is 1. The number of fused-ring (bicyclic) bond motifs is 3. The molecule has 0 unspecified atom stereocenters. The van der Waals surface area contributed by atoms with Crippen molar-refractivity contribution in [3.8, 4) is 11.3 Å². The van der Waals surface area contributed by atoms with E-state index in [0.717, 1.165) is 28.4 Å². The fourth-order valence-electron chi connectivity index (χ4n) is 4.03. The zero-order valence-electron chi connectivity index (χ0n) is 18.1. The highest BCUT2D eigenvalue weighted by molar-refractivity contribution is 7.12. The molecule has 1 aromatic heterocycles. The zero-order chi connectivity index (χ0) is 23.8. The van der Waals surface area contributed by atoms with Gasteiger partial charge in [-0.25, -0.2) is 4.98 Å². The van der Waals surface area contributed by atoms with Crippen LogP contribution in [0.2, 0.25) is 10.0 Å². The molecule has 3 aromatic carbocycles. The van der Waals surface area contributed by atoms with Crippen molar-refractivity contribution in [2.45, 2.75) is 13.3 Å². The Balaban J connectivity index is 1.37. The van der Waals surface area contributed by atoms with Crippen molar-refractivity contribution in [3.63, 3.8) is 0 Å². The summed E-state index contributed by atoms with van der Waals surface area (Å²) < 4.78 is 0. The van der Waals surface area contributed by atoms with E-state index < -0.39 is 0 Å². The summed E-state index contributed by atoms with van der Waals surface area (Å²) in [5, 5.41) is 4.56. The zero-order valence-corrected chi connectivity index (χ0v) is 20.5. The van der Waals surface area contributed by atoms with Crippen LogP contribution in [0.5, 0.6) is 0 Å². The number of anilines is 2. The van der Waals surface area contributed by atoms with Gasteiger partial charge in [-0.1, -0.05) is 41.4 Å². The molecule has 1 aliphatic heterocycles. The SMILES string of the molecule is Cc1nc2c(s1)CCN(C(=O)c1ccc(NC(=O)c3ccc(Cl)cc3Cl)cc1)c1ccccc1-2. The van der Waals surface area contributed by atoms with Crippen LogP contribution in [0.4, 0.5) is 11.4 Å². The minimum Gasteiger partial charge on any atom is -0.322 e. The molecule has 0 saturated carbocycles. The smallest absolute Gasteiger partial charge is 0.258 e. The highest BCUT2D eigenvalue weighted by Gasteiger charge is 2.27. The third-order valence-corrected chi connectivity index (χ3v) is 7.21. The lowest BCUT2D eigenvalue weighted by Crippen LogP contribution is -2.32. The molecule has 2 amide bonds. The predicted molar refractivity (Wildman–Crippen MR) is 139 cm³/mol. The van der Waals surface area contributed by atoms with Crippen molar-refractivity contribution in [2.24, 2.45) is 0 Å². The number of carbonyl (C=O) groups is 2. The van der Waals surface area contributed by atoms with E-state index in [1.165, 1.54) is 10.9 Å². The number of hydrogen-bond donors (Lipinski definition) is 1. The molecule has 0 radical (unpaired) electrons. The Hall–Kier alpha value is -3.19. The molecule has 34 heavy (non-hydrogen) atoms. The second kappa shape index (κ2) is 9.22. The number of nitrogens with zero attached hydrogens (tertiary/aromatic N) is 2. The van der Waals surface area contributed by atoms with Gasteiger partial charge in [-0.3, -0.25) is 9.59 Å². The predicted octanol–water partition coefficient (Wildman–Crippen LogP) is 6.88. The molecule has 0 atom stereocenters. The van der Waals surface area contributed by atoms with E-state index in [1.54, 1.807) is 52.6 Å². The molecule has 0 aliphatic carbocycles. The Bertz CT molecular complexity index is 1420. The molecular weight excluding hydrogens is 489 g/mol. The lowest BCUT2D eigenvalue weighted by Gasteiger charge is -2.23. The average molecular weight is 508 g/mol. The first-order valence-corrected chi connectivity index (χ1v) is 12.2. The summed E-state index contributed by atoms with van der Waals surface area (Å²) in [5.41, 5.74) is 4.20. The second-order valence-electron chi connectivity index (χ2n) is 7.88. The molecule has 5 nitrogen and oxygen atoms in total. The number of carbonyl (C=O) groups excluding carboxylic acids is 2. The largest absolute Gasteiger partial charge is 0.322 e. The van der Waals surface area contributed by atoms with Crippen molar-refractivity contribution in [1.82, 2.24) is 4.98 Å². The van der Waals surface area contributed by atoms with Crippen LogP contribution in [0.1, 0.15) is 30.6 Å². The quantitative estimate of drug-likeness (QED) is 0.328. The van der Waals surface area contributed by atoms with Gasteiger partial charge in [-0.05, 0) is 55.5 Å². The van der Waals surface area contributed by atoms with Gasteiger partial charge >= 0.3 is 0 Å². The molecule has 0 saturated heterocycles. The Morgan fingerprint density at radius 1 is 1.03 bits per heavy atom. The second-order valence-corrected chi connectivity index (χ2v) is 10.0. The first kappa shape index (κ1) is 22.6. The number of benzene rings is 3. The molecule has 0 bridgehead atoms. The third kappa shape index (κ3) is 4.32. The topological polar surface area (TPSA) is 62.3 Å². The van der Waals surface area contributed by atoms with Gasteiger partial charge in [0.15, 0.2) is 0 Å². The molecule has 170 valence electrons. The number of hydrogen-bond acceptors (Lipinski definition) is 4. The van der Waals surface area contributed by atoms with Crippen molar-refractivity contribution >= 4 is 57.7 Å². The molecule has 4 aromatic rings. The van der Waals surface area contributed by atoms with Crippen LogP contribution < -0.4 is 10.2 Å².